The summed E-state index contributed by atoms with van der Waals surface area (Å²) in [6.45, 7) is 5.77. The van der Waals surface area contributed by atoms with Crippen LogP contribution in [0.5, 0.6) is 5.75 Å². The van der Waals surface area contributed by atoms with Gasteiger partial charge < -0.3 is 0 Å². The molecular weight excluding hydrogens is 487 g/mol. The van der Waals surface area contributed by atoms with Gasteiger partial charge in [-0.25, -0.2) is 0 Å². The van der Waals surface area contributed by atoms with E-state index < -0.39 is 30.4 Å². The molecule has 4 nitrogen and oxygen atoms in total. The molecule has 3 aromatic carbocycles. The Labute approximate surface area is 173 Å². The Bertz CT molecular complexity index is 1050. The summed E-state index contributed by atoms with van der Waals surface area (Å²) in [5.74, 6) is 0.622. The molecule has 146 valence electrons. The molecular formula is C22H21IO4S. The summed E-state index contributed by atoms with van der Waals surface area (Å²) < 4.78 is 39.6. The quantitative estimate of drug-likeness (QED) is 0.301. The van der Waals surface area contributed by atoms with Crippen LogP contribution in [0, 0.1) is 14.1 Å². The summed E-state index contributed by atoms with van der Waals surface area (Å²) in [7, 11) is -3.93. The van der Waals surface area contributed by atoms with E-state index in [1.54, 1.807) is 37.3 Å². The number of halogens is 1. The zero-order valence-corrected chi connectivity index (χ0v) is 18.4. The van der Waals surface area contributed by atoms with E-state index in [0.29, 0.717) is 17.9 Å². The molecule has 0 spiro atoms. The van der Waals surface area contributed by atoms with Gasteiger partial charge in [0.25, 0.3) is 0 Å². The van der Waals surface area contributed by atoms with Gasteiger partial charge in [0.2, 0.25) is 0 Å². The van der Waals surface area contributed by atoms with E-state index in [0.717, 1.165) is 7.14 Å². The maximum absolute atomic E-state index is 13.1. The monoisotopic (exact) mass is 508 g/mol. The summed E-state index contributed by atoms with van der Waals surface area (Å²) in [6, 6.07) is 23.8. The molecule has 0 aliphatic rings. The third-order valence-electron chi connectivity index (χ3n) is 3.82. The van der Waals surface area contributed by atoms with Crippen molar-refractivity contribution >= 4 is 30.4 Å². The first kappa shape index (κ1) is 20.6. The number of benzene rings is 3. The normalized spacial score (nSPS) is 11.7. The van der Waals surface area contributed by atoms with Crippen LogP contribution in [-0.2, 0) is 12.6 Å². The fourth-order valence-corrected chi connectivity index (χ4v) is 9.90. The molecule has 0 radical (unpaired) electrons. The predicted octanol–water partition coefficient (Wildman–Crippen LogP) is 5.43. The van der Waals surface area contributed by atoms with Crippen LogP contribution in [0.1, 0.15) is 5.56 Å². The molecule has 3 rings (SSSR count). The van der Waals surface area contributed by atoms with Crippen LogP contribution in [0.15, 0.2) is 96.4 Å². The first-order valence-electron chi connectivity index (χ1n) is 8.61. The average Bonchev–Trinajstić information content (AvgIpc) is 2.72. The summed E-state index contributed by atoms with van der Waals surface area (Å²) in [5, 5.41) is 0. The Balaban J connectivity index is 2.07. The van der Waals surface area contributed by atoms with Crippen molar-refractivity contribution in [2.24, 2.45) is 0 Å². The Morgan fingerprint density at radius 3 is 2.29 bits per heavy atom. The Hall–Kier alpha value is -2.16. The molecule has 6 heteroatoms. The first-order chi connectivity index (χ1) is 13.5. The molecule has 0 aromatic heterocycles. The molecule has 3 aromatic rings. The third kappa shape index (κ3) is 4.81. The van der Waals surface area contributed by atoms with E-state index in [2.05, 4.69) is 6.58 Å². The molecule has 0 unspecified atom stereocenters. The van der Waals surface area contributed by atoms with Crippen LogP contribution in [0.3, 0.4) is 0 Å². The molecule has 0 N–H and O–H groups in total. The van der Waals surface area contributed by atoms with E-state index in [1.165, 1.54) is 0 Å². The van der Waals surface area contributed by atoms with Crippen LogP contribution < -0.4 is 4.74 Å². The van der Waals surface area contributed by atoms with Crippen molar-refractivity contribution in [3.05, 3.63) is 104 Å². The van der Waals surface area contributed by atoms with E-state index in [1.807, 2.05) is 54.6 Å². The summed E-state index contributed by atoms with van der Waals surface area (Å²) in [5.41, 5.74) is 0.655. The Morgan fingerprint density at radius 2 is 1.57 bits per heavy atom. The molecule has 0 heterocycles. The number of aryl methyl sites for hydroxylation is 1. The van der Waals surface area contributed by atoms with Crippen LogP contribution >= 0.6 is 20.2 Å². The van der Waals surface area contributed by atoms with Crippen molar-refractivity contribution in [1.82, 2.24) is 0 Å². The standard InChI is InChI=1S/C22H21IO4S/c1-3-17-26-21-15-9-8-14-20(21)23(19-12-5-4-6-13-19)27-28(24,25)22-16-10-7-11-18(22)2/h3-16H,1,17H2,2H3. The second-order valence-electron chi connectivity index (χ2n) is 5.86. The van der Waals surface area contributed by atoms with E-state index >= 15 is 0 Å². The number of ether oxygens (including phenoxy) is 1. The molecule has 0 saturated carbocycles. The van der Waals surface area contributed by atoms with Gasteiger partial charge in [-0.05, 0) is 0 Å². The van der Waals surface area contributed by atoms with Gasteiger partial charge in [-0.15, -0.1) is 0 Å². The van der Waals surface area contributed by atoms with Crippen LogP contribution in [0.4, 0.5) is 0 Å². The summed E-state index contributed by atoms with van der Waals surface area (Å²) >= 11 is -2.82. The van der Waals surface area contributed by atoms with Crippen molar-refractivity contribution in [1.29, 1.82) is 0 Å². The van der Waals surface area contributed by atoms with Crippen molar-refractivity contribution in [2.75, 3.05) is 6.61 Å². The molecule has 0 bridgehead atoms. The Kier molecular flexibility index (Phi) is 6.88. The van der Waals surface area contributed by atoms with Crippen LogP contribution in [0.25, 0.3) is 0 Å². The molecule has 0 aliphatic heterocycles. The molecule has 0 amide bonds. The molecule has 0 fully saturated rings. The Morgan fingerprint density at radius 1 is 0.929 bits per heavy atom. The van der Waals surface area contributed by atoms with Crippen molar-refractivity contribution in [3.8, 4) is 5.75 Å². The minimum absolute atomic E-state index is 0.192. The number of rotatable bonds is 8. The zero-order valence-electron chi connectivity index (χ0n) is 15.4. The van der Waals surface area contributed by atoms with Gasteiger partial charge in [-0.3, -0.25) is 0 Å². The van der Waals surface area contributed by atoms with Crippen molar-refractivity contribution < 1.29 is 15.7 Å². The summed E-state index contributed by atoms with van der Waals surface area (Å²) in [4.78, 5) is 0.192. The fraction of sp³-hybridized carbons (Fsp3) is 0.0909. The molecule has 28 heavy (non-hydrogen) atoms. The maximum atomic E-state index is 13.1. The fourth-order valence-electron chi connectivity index (χ4n) is 2.52. The van der Waals surface area contributed by atoms with Gasteiger partial charge >= 0.3 is 174 Å². The first-order valence-corrected chi connectivity index (χ1v) is 13.1. The van der Waals surface area contributed by atoms with Crippen LogP contribution in [0.2, 0.25) is 0 Å². The second-order valence-corrected chi connectivity index (χ2v) is 12.2. The molecule has 0 aliphatic carbocycles. The van der Waals surface area contributed by atoms with Crippen molar-refractivity contribution in [2.45, 2.75) is 11.8 Å². The van der Waals surface area contributed by atoms with Gasteiger partial charge in [0.15, 0.2) is 0 Å². The van der Waals surface area contributed by atoms with Gasteiger partial charge in [0.1, 0.15) is 0 Å². The zero-order chi connectivity index (χ0) is 20.0. The molecule has 0 saturated heterocycles. The number of hydrogen-bond acceptors (Lipinski definition) is 4. The van der Waals surface area contributed by atoms with E-state index in [-0.39, 0.29) is 4.90 Å². The van der Waals surface area contributed by atoms with E-state index in [4.69, 9.17) is 7.25 Å². The predicted molar refractivity (Wildman–Crippen MR) is 119 cm³/mol. The van der Waals surface area contributed by atoms with Gasteiger partial charge in [-0.2, -0.15) is 0 Å². The molecule has 0 atom stereocenters. The van der Waals surface area contributed by atoms with Gasteiger partial charge in [0, 0.05) is 0 Å². The average molecular weight is 508 g/mol. The SMILES string of the molecule is C=CCOc1ccccc1I(OS(=O)(=O)c1ccccc1C)c1ccccc1. The van der Waals surface area contributed by atoms with Crippen molar-refractivity contribution in [3.63, 3.8) is 0 Å². The van der Waals surface area contributed by atoms with Gasteiger partial charge in [-0.1, -0.05) is 0 Å². The third-order valence-corrected chi connectivity index (χ3v) is 11.4. The number of para-hydroxylation sites is 1. The second kappa shape index (κ2) is 9.36. The minimum atomic E-state index is -3.93. The van der Waals surface area contributed by atoms with E-state index in [9.17, 15) is 8.42 Å². The van der Waals surface area contributed by atoms with Gasteiger partial charge in [0.05, 0.1) is 0 Å². The van der Waals surface area contributed by atoms with Crippen LogP contribution in [-0.4, -0.2) is 15.0 Å². The summed E-state index contributed by atoms with van der Waals surface area (Å²) in [6.07, 6.45) is 1.66. The topological polar surface area (TPSA) is 52.6 Å². The number of hydrogen-bond donors (Lipinski definition) is 0.